The van der Waals surface area contributed by atoms with Gasteiger partial charge in [-0.2, -0.15) is 12.6 Å². The molecule has 1 aliphatic rings. The summed E-state index contributed by atoms with van der Waals surface area (Å²) in [6, 6.07) is 5.65. The molecule has 4 atom stereocenters. The van der Waals surface area contributed by atoms with E-state index in [1.165, 1.54) is 6.92 Å². The largest absolute Gasteiger partial charge is 0.480 e. The van der Waals surface area contributed by atoms with Crippen molar-refractivity contribution in [3.05, 3.63) is 35.9 Å². The Morgan fingerprint density at radius 1 is 1.10 bits per heavy atom. The quantitative estimate of drug-likeness (QED) is 0.273. The van der Waals surface area contributed by atoms with Crippen molar-refractivity contribution in [1.29, 1.82) is 0 Å². The summed E-state index contributed by atoms with van der Waals surface area (Å²) < 4.78 is 0. The Morgan fingerprint density at radius 2 is 1.77 bits per heavy atom. The van der Waals surface area contributed by atoms with Crippen LogP contribution in [-0.2, 0) is 25.6 Å². The van der Waals surface area contributed by atoms with E-state index in [1.54, 1.807) is 24.3 Å². The maximum Gasteiger partial charge on any atom is 0.325 e. The molecule has 164 valence electrons. The highest BCUT2D eigenvalue weighted by atomic mass is 32.1. The molecule has 9 nitrogen and oxygen atoms in total. The average Bonchev–Trinajstić information content (AvgIpc) is 3.26. The Morgan fingerprint density at radius 3 is 2.33 bits per heavy atom. The summed E-state index contributed by atoms with van der Waals surface area (Å²) in [5.74, 6) is -2.60. The van der Waals surface area contributed by atoms with Crippen LogP contribution in [0.15, 0.2) is 30.3 Å². The lowest BCUT2D eigenvalue weighted by molar-refractivity contribution is -0.141. The van der Waals surface area contributed by atoms with E-state index >= 15 is 0 Å². The van der Waals surface area contributed by atoms with Gasteiger partial charge in [-0.1, -0.05) is 30.3 Å². The lowest BCUT2D eigenvalue weighted by Gasteiger charge is -2.24. The van der Waals surface area contributed by atoms with Crippen LogP contribution in [0.3, 0.4) is 0 Å². The third-order valence-electron chi connectivity index (χ3n) is 4.84. The van der Waals surface area contributed by atoms with Gasteiger partial charge in [-0.05, 0) is 31.9 Å². The van der Waals surface area contributed by atoms with Crippen molar-refractivity contribution >= 4 is 36.3 Å². The standard InChI is InChI=1S/C20H28N4O5S/c1-12(20(28)29)22-18(26)15(10-13-6-3-2-4-7-13)23-19(27)16(11-30)24-17(25)14-8-5-9-21-14/h2-4,6-7,12,14-16,21,30H,5,8-11H2,1H3,(H,22,26)(H,23,27)(H,24,25)(H,28,29). The van der Waals surface area contributed by atoms with E-state index in [4.69, 9.17) is 5.11 Å². The van der Waals surface area contributed by atoms with Crippen LogP contribution >= 0.6 is 12.6 Å². The predicted molar refractivity (Wildman–Crippen MR) is 114 cm³/mol. The molecule has 2 rings (SSSR count). The predicted octanol–water partition coefficient (Wildman–Crippen LogP) is -0.530. The van der Waals surface area contributed by atoms with Crippen LogP contribution in [0.2, 0.25) is 0 Å². The zero-order chi connectivity index (χ0) is 22.1. The summed E-state index contributed by atoms with van der Waals surface area (Å²) >= 11 is 4.15. The number of carbonyl (C=O) groups excluding carboxylic acids is 3. The van der Waals surface area contributed by atoms with E-state index in [1.807, 2.05) is 6.07 Å². The van der Waals surface area contributed by atoms with Crippen LogP contribution < -0.4 is 21.3 Å². The number of rotatable bonds is 10. The number of aliphatic carboxylic acids is 1. The fraction of sp³-hybridized carbons (Fsp3) is 0.500. The topological polar surface area (TPSA) is 137 Å². The van der Waals surface area contributed by atoms with Gasteiger partial charge in [-0.15, -0.1) is 0 Å². The number of amides is 3. The Bertz CT molecular complexity index is 755. The minimum Gasteiger partial charge on any atom is -0.480 e. The van der Waals surface area contributed by atoms with Crippen molar-refractivity contribution in [3.63, 3.8) is 0 Å². The van der Waals surface area contributed by atoms with Gasteiger partial charge in [0.25, 0.3) is 0 Å². The highest BCUT2D eigenvalue weighted by Crippen LogP contribution is 2.07. The molecule has 0 spiro atoms. The zero-order valence-electron chi connectivity index (χ0n) is 16.8. The van der Waals surface area contributed by atoms with Gasteiger partial charge in [0.2, 0.25) is 17.7 Å². The number of carboxylic acids is 1. The second kappa shape index (κ2) is 11.6. The lowest BCUT2D eigenvalue weighted by atomic mass is 10.0. The summed E-state index contributed by atoms with van der Waals surface area (Å²) in [5, 5.41) is 19.8. The molecule has 10 heteroatoms. The van der Waals surface area contributed by atoms with Gasteiger partial charge in [-0.3, -0.25) is 19.2 Å². The van der Waals surface area contributed by atoms with Gasteiger partial charge in [-0.25, -0.2) is 0 Å². The number of nitrogens with one attached hydrogen (secondary N) is 4. The Hall–Kier alpha value is -2.59. The molecule has 1 aromatic rings. The van der Waals surface area contributed by atoms with E-state index in [9.17, 15) is 19.2 Å². The van der Waals surface area contributed by atoms with Crippen molar-refractivity contribution in [3.8, 4) is 0 Å². The number of thiol groups is 1. The highest BCUT2D eigenvalue weighted by Gasteiger charge is 2.30. The molecule has 1 saturated heterocycles. The van der Waals surface area contributed by atoms with E-state index in [2.05, 4.69) is 33.9 Å². The van der Waals surface area contributed by atoms with Crippen molar-refractivity contribution in [1.82, 2.24) is 21.3 Å². The fourth-order valence-corrected chi connectivity index (χ4v) is 3.34. The van der Waals surface area contributed by atoms with Gasteiger partial charge in [0.15, 0.2) is 0 Å². The normalized spacial score (nSPS) is 18.7. The molecule has 3 amide bonds. The van der Waals surface area contributed by atoms with Crippen molar-refractivity contribution in [2.45, 2.75) is 50.4 Å². The van der Waals surface area contributed by atoms with Crippen molar-refractivity contribution < 1.29 is 24.3 Å². The van der Waals surface area contributed by atoms with Crippen LogP contribution in [0.5, 0.6) is 0 Å². The molecule has 1 fully saturated rings. The Balaban J connectivity index is 2.07. The molecular formula is C20H28N4O5S. The second-order valence-electron chi connectivity index (χ2n) is 7.21. The van der Waals surface area contributed by atoms with Crippen LogP contribution in [0.25, 0.3) is 0 Å². The molecule has 0 aliphatic carbocycles. The molecule has 1 aromatic carbocycles. The highest BCUT2D eigenvalue weighted by molar-refractivity contribution is 7.80. The second-order valence-corrected chi connectivity index (χ2v) is 7.58. The molecule has 0 saturated carbocycles. The minimum absolute atomic E-state index is 0.0511. The van der Waals surface area contributed by atoms with Crippen molar-refractivity contribution in [2.24, 2.45) is 0 Å². The van der Waals surface area contributed by atoms with Crippen LogP contribution in [0.1, 0.15) is 25.3 Å². The number of hydrogen-bond acceptors (Lipinski definition) is 6. The average molecular weight is 437 g/mol. The van der Waals surface area contributed by atoms with Gasteiger partial charge in [0.05, 0.1) is 6.04 Å². The van der Waals surface area contributed by atoms with Gasteiger partial charge < -0.3 is 26.4 Å². The number of benzene rings is 1. The smallest absolute Gasteiger partial charge is 0.325 e. The summed E-state index contributed by atoms with van der Waals surface area (Å²) in [7, 11) is 0. The summed E-state index contributed by atoms with van der Waals surface area (Å²) in [6.45, 7) is 2.09. The molecule has 0 bridgehead atoms. The molecule has 0 aromatic heterocycles. The van der Waals surface area contributed by atoms with Crippen LogP contribution in [-0.4, -0.2) is 65.3 Å². The zero-order valence-corrected chi connectivity index (χ0v) is 17.7. The molecule has 30 heavy (non-hydrogen) atoms. The SMILES string of the molecule is CC(NC(=O)C(Cc1ccccc1)NC(=O)C(CS)NC(=O)C1CCCN1)C(=O)O. The first-order valence-corrected chi connectivity index (χ1v) is 10.5. The first kappa shape index (κ1) is 23.7. The first-order chi connectivity index (χ1) is 14.3. The van der Waals surface area contributed by atoms with Crippen LogP contribution in [0.4, 0.5) is 0 Å². The van der Waals surface area contributed by atoms with E-state index in [0.717, 1.165) is 18.5 Å². The maximum absolute atomic E-state index is 12.8. The lowest BCUT2D eigenvalue weighted by Crippen LogP contribution is -2.57. The molecule has 1 heterocycles. The van der Waals surface area contributed by atoms with Gasteiger partial charge in [0, 0.05) is 12.2 Å². The maximum atomic E-state index is 12.8. The van der Waals surface area contributed by atoms with Crippen LogP contribution in [0, 0.1) is 0 Å². The fourth-order valence-electron chi connectivity index (χ4n) is 3.08. The Labute approximate surface area is 180 Å². The number of carbonyl (C=O) groups is 4. The summed E-state index contributed by atoms with van der Waals surface area (Å²) in [4.78, 5) is 48.8. The Kier molecular flexibility index (Phi) is 9.13. The van der Waals surface area contributed by atoms with E-state index in [0.29, 0.717) is 6.42 Å². The minimum atomic E-state index is -1.18. The summed E-state index contributed by atoms with van der Waals surface area (Å²) in [6.07, 6.45) is 1.75. The van der Waals surface area contributed by atoms with E-state index < -0.39 is 35.9 Å². The number of hydrogen-bond donors (Lipinski definition) is 6. The van der Waals surface area contributed by atoms with E-state index in [-0.39, 0.29) is 24.1 Å². The van der Waals surface area contributed by atoms with Crippen molar-refractivity contribution in [2.75, 3.05) is 12.3 Å². The summed E-state index contributed by atoms with van der Waals surface area (Å²) in [5.41, 5.74) is 0.794. The molecular weight excluding hydrogens is 408 g/mol. The molecule has 4 unspecified atom stereocenters. The third kappa shape index (κ3) is 7.03. The number of carboxylic acid groups (broad SMARTS) is 1. The molecule has 0 radical (unpaired) electrons. The van der Waals surface area contributed by atoms with Gasteiger partial charge >= 0.3 is 5.97 Å². The third-order valence-corrected chi connectivity index (χ3v) is 5.20. The first-order valence-electron chi connectivity index (χ1n) is 9.84. The molecule has 5 N–H and O–H groups in total. The van der Waals surface area contributed by atoms with Gasteiger partial charge in [0.1, 0.15) is 18.1 Å². The monoisotopic (exact) mass is 436 g/mol. The molecule has 1 aliphatic heterocycles.